The molecule has 1 saturated heterocycles. The fourth-order valence-electron chi connectivity index (χ4n) is 3.18. The molecule has 1 aliphatic rings. The second-order valence-corrected chi connectivity index (χ2v) is 8.44. The number of benzene rings is 1. The van der Waals surface area contributed by atoms with Gasteiger partial charge in [0, 0.05) is 18.7 Å². The molecule has 0 radical (unpaired) electrons. The molecule has 3 aromatic rings. The van der Waals surface area contributed by atoms with E-state index in [0.29, 0.717) is 0 Å². The van der Waals surface area contributed by atoms with Crippen molar-refractivity contribution in [3.05, 3.63) is 68.6 Å². The summed E-state index contributed by atoms with van der Waals surface area (Å²) < 4.78 is 42.4. The summed E-state index contributed by atoms with van der Waals surface area (Å²) >= 11 is 0. The van der Waals surface area contributed by atoms with Gasteiger partial charge in [0.1, 0.15) is 18.4 Å². The highest BCUT2D eigenvalue weighted by atomic mass is 32.2. The number of hydrogen-bond donors (Lipinski definition) is 2. The molecule has 0 amide bonds. The lowest BCUT2D eigenvalue weighted by molar-refractivity contribution is -0.832. The van der Waals surface area contributed by atoms with E-state index in [4.69, 9.17) is 9.47 Å². The number of H-pyrrole nitrogens is 1. The number of aliphatic hydroxyl groups is 1. The second-order valence-electron chi connectivity index (χ2n) is 6.58. The highest BCUT2D eigenvalue weighted by Gasteiger charge is 2.43. The summed E-state index contributed by atoms with van der Waals surface area (Å²) in [7, 11) is -4.33. The number of aromatic amines is 1. The first-order valence-electron chi connectivity index (χ1n) is 8.95. The van der Waals surface area contributed by atoms with Crippen molar-refractivity contribution in [2.75, 3.05) is 6.61 Å². The Hall–Kier alpha value is -3.49. The largest absolute Gasteiger partial charge is 0.448 e. The minimum Gasteiger partial charge on any atom is -0.448 e. The quantitative estimate of drug-likeness (QED) is 0.427. The van der Waals surface area contributed by atoms with Gasteiger partial charge in [-0.15, -0.1) is 0 Å². The van der Waals surface area contributed by atoms with Gasteiger partial charge in [0.2, 0.25) is 0 Å². The van der Waals surface area contributed by atoms with Gasteiger partial charge in [-0.3, -0.25) is 19.0 Å². The summed E-state index contributed by atoms with van der Waals surface area (Å²) in [6, 6.07) is 8.27. The molecule has 1 aromatic carbocycles. The smallest absolute Gasteiger partial charge is 0.415 e. The van der Waals surface area contributed by atoms with Crippen molar-refractivity contribution in [3.8, 4) is 5.88 Å². The van der Waals surface area contributed by atoms with Crippen molar-refractivity contribution in [1.82, 2.24) is 14.7 Å². The van der Waals surface area contributed by atoms with Gasteiger partial charge >= 0.3 is 16.6 Å². The van der Waals surface area contributed by atoms with Crippen LogP contribution in [0.4, 0.5) is 0 Å². The third kappa shape index (κ3) is 3.83. The van der Waals surface area contributed by atoms with Gasteiger partial charge < -0.3 is 19.8 Å². The zero-order chi connectivity index (χ0) is 22.2. The number of aromatic nitrogens is 4. The minimum absolute atomic E-state index is 0.0201. The highest BCUT2D eigenvalue weighted by Crippen LogP contribution is 2.33. The van der Waals surface area contributed by atoms with Crippen LogP contribution in [0.1, 0.15) is 12.6 Å². The van der Waals surface area contributed by atoms with Crippen LogP contribution in [0.15, 0.2) is 66.7 Å². The molecule has 3 heterocycles. The average Bonchev–Trinajstić information content (AvgIpc) is 3.32. The number of nitrogens with one attached hydrogen (secondary N) is 1. The normalized spacial score (nSPS) is 21.3. The third-order valence-corrected chi connectivity index (χ3v) is 6.37. The van der Waals surface area contributed by atoms with Gasteiger partial charge in [-0.2, -0.15) is 0 Å². The molecule has 0 aliphatic carbocycles. The van der Waals surface area contributed by atoms with Gasteiger partial charge in [0.15, 0.2) is 0 Å². The number of hydrogen-bond acceptors (Lipinski definition) is 10. The first kappa shape index (κ1) is 20.8. The SMILES string of the molecule is O=c1ccn([C@H]2C[C@H](Oc3no[n+]([O-])c3S(=O)(=O)c3ccccc3)[C@@H](CO)O2)c(=O)[nH]1. The van der Waals surface area contributed by atoms with Crippen molar-refractivity contribution < 1.29 is 32.5 Å². The Labute approximate surface area is 173 Å². The van der Waals surface area contributed by atoms with E-state index in [0.717, 1.165) is 10.6 Å². The van der Waals surface area contributed by atoms with Crippen LogP contribution in [0.2, 0.25) is 0 Å². The Morgan fingerprint density at radius 3 is 2.71 bits per heavy atom. The molecular weight excluding hydrogens is 436 g/mol. The summed E-state index contributed by atoms with van der Waals surface area (Å²) in [4.78, 5) is 24.9. The van der Waals surface area contributed by atoms with Gasteiger partial charge in [0.05, 0.1) is 16.7 Å². The summed E-state index contributed by atoms with van der Waals surface area (Å²) in [6.45, 7) is -0.532. The van der Waals surface area contributed by atoms with Crippen molar-refractivity contribution >= 4 is 9.84 Å². The molecule has 13 nitrogen and oxygen atoms in total. The van der Waals surface area contributed by atoms with Gasteiger partial charge in [-0.1, -0.05) is 18.2 Å². The van der Waals surface area contributed by atoms with E-state index in [1.807, 2.05) is 0 Å². The monoisotopic (exact) mass is 452 g/mol. The van der Waals surface area contributed by atoms with E-state index in [1.165, 1.54) is 30.5 Å². The molecule has 2 N–H and O–H groups in total. The predicted molar refractivity (Wildman–Crippen MR) is 98.7 cm³/mol. The molecule has 14 heteroatoms. The fourth-order valence-corrected chi connectivity index (χ4v) is 4.46. The van der Waals surface area contributed by atoms with Crippen LogP contribution in [-0.4, -0.2) is 47.0 Å². The zero-order valence-electron chi connectivity index (χ0n) is 15.7. The van der Waals surface area contributed by atoms with Crippen LogP contribution in [0.3, 0.4) is 0 Å². The van der Waals surface area contributed by atoms with Gasteiger partial charge in [-0.25, -0.2) is 13.2 Å². The summed E-state index contributed by atoms with van der Waals surface area (Å²) in [5.41, 5.74) is -1.33. The molecule has 0 bridgehead atoms. The average molecular weight is 452 g/mol. The molecule has 0 unspecified atom stereocenters. The Morgan fingerprint density at radius 1 is 1.29 bits per heavy atom. The number of sulfone groups is 1. The standard InChI is InChI=1S/C17H16N4O9S/c22-9-12-11(8-14(28-12)20-7-6-13(23)18-17(20)24)29-15-16(21(25)30-19-15)31(26,27)10-4-2-1-3-5-10/h1-7,11-12,14,22H,8-9H2,(H,18,23,24)/t11-,12+,14+/m0/s1. The Bertz CT molecular complexity index is 1300. The zero-order valence-corrected chi connectivity index (χ0v) is 16.5. The van der Waals surface area contributed by atoms with Crippen molar-refractivity contribution in [1.29, 1.82) is 0 Å². The molecule has 31 heavy (non-hydrogen) atoms. The minimum atomic E-state index is -4.33. The lowest BCUT2D eigenvalue weighted by Gasteiger charge is -2.15. The van der Waals surface area contributed by atoms with Crippen LogP contribution in [0, 0.1) is 5.21 Å². The highest BCUT2D eigenvalue weighted by molar-refractivity contribution is 7.91. The lowest BCUT2D eigenvalue weighted by atomic mass is 10.2. The fraction of sp³-hybridized carbons (Fsp3) is 0.294. The summed E-state index contributed by atoms with van der Waals surface area (Å²) in [6.07, 6.45) is -1.69. The lowest BCUT2D eigenvalue weighted by Crippen LogP contribution is -2.33. The second kappa shape index (κ2) is 7.98. The molecule has 2 aromatic heterocycles. The molecule has 4 rings (SSSR count). The maximum atomic E-state index is 12.9. The molecule has 1 aliphatic heterocycles. The summed E-state index contributed by atoms with van der Waals surface area (Å²) in [5.74, 6) is -0.611. The topological polar surface area (TPSA) is 181 Å². The van der Waals surface area contributed by atoms with Crippen molar-refractivity contribution in [3.63, 3.8) is 0 Å². The van der Waals surface area contributed by atoms with Crippen molar-refractivity contribution in [2.24, 2.45) is 0 Å². The van der Waals surface area contributed by atoms with E-state index < -0.39 is 57.0 Å². The molecule has 0 spiro atoms. The summed E-state index contributed by atoms with van der Waals surface area (Å²) in [5, 5.41) is 24.2. The molecule has 0 saturated carbocycles. The van der Waals surface area contributed by atoms with Crippen LogP contribution < -0.4 is 20.9 Å². The van der Waals surface area contributed by atoms with E-state index in [1.54, 1.807) is 6.07 Å². The molecular formula is C17H16N4O9S. The number of nitrogens with zero attached hydrogens (tertiary/aromatic N) is 3. The van der Waals surface area contributed by atoms with E-state index in [9.17, 15) is 28.3 Å². The third-order valence-electron chi connectivity index (χ3n) is 4.64. The first-order chi connectivity index (χ1) is 14.8. The Balaban J connectivity index is 1.64. The number of rotatable bonds is 6. The van der Waals surface area contributed by atoms with E-state index >= 15 is 0 Å². The number of ether oxygens (including phenoxy) is 2. The first-order valence-corrected chi connectivity index (χ1v) is 10.4. The van der Waals surface area contributed by atoms with Crippen molar-refractivity contribution in [2.45, 2.75) is 34.8 Å². The van der Waals surface area contributed by atoms with E-state index in [-0.39, 0.29) is 16.2 Å². The van der Waals surface area contributed by atoms with Crippen LogP contribution in [-0.2, 0) is 14.6 Å². The Kier molecular flexibility index (Phi) is 5.34. The predicted octanol–water partition coefficient (Wildman–Crippen LogP) is -1.28. The van der Waals surface area contributed by atoms with Crippen LogP contribution in [0.5, 0.6) is 5.88 Å². The van der Waals surface area contributed by atoms with Crippen LogP contribution >= 0.6 is 0 Å². The van der Waals surface area contributed by atoms with Gasteiger partial charge in [-0.05, 0) is 17.0 Å². The molecule has 3 atom stereocenters. The Morgan fingerprint density at radius 2 is 2.03 bits per heavy atom. The van der Waals surface area contributed by atoms with Crippen LogP contribution in [0.25, 0.3) is 0 Å². The van der Waals surface area contributed by atoms with Gasteiger partial charge in [0.25, 0.3) is 15.4 Å². The molecule has 1 fully saturated rings. The van der Waals surface area contributed by atoms with E-state index in [2.05, 4.69) is 14.8 Å². The maximum Gasteiger partial charge on any atom is 0.415 e. The maximum absolute atomic E-state index is 12.9. The number of aliphatic hydroxyl groups excluding tert-OH is 1. The molecule has 164 valence electrons.